The number of anilines is 2. The molecule has 0 aliphatic carbocycles. The second-order valence-corrected chi connectivity index (χ2v) is 5.48. The number of halogens is 1. The second-order valence-electron chi connectivity index (χ2n) is 5.48. The van der Waals surface area contributed by atoms with Crippen molar-refractivity contribution < 1.29 is 4.39 Å². The molecule has 2 nitrogen and oxygen atoms in total. The molecule has 0 saturated carbocycles. The molecule has 0 amide bonds. The monoisotopic (exact) mass is 270 g/mol. The zero-order valence-electron chi connectivity index (χ0n) is 11.9. The molecule has 1 heterocycles. The van der Waals surface area contributed by atoms with Crippen molar-refractivity contribution in [1.29, 1.82) is 0 Å². The Hall–Kier alpha value is -1.87. The first-order valence-corrected chi connectivity index (χ1v) is 6.99. The van der Waals surface area contributed by atoms with E-state index in [1.807, 2.05) is 19.1 Å². The number of hydrogen-bond donors (Lipinski definition) is 1. The van der Waals surface area contributed by atoms with Gasteiger partial charge < -0.3 is 10.6 Å². The first kappa shape index (κ1) is 13.1. The van der Waals surface area contributed by atoms with Crippen molar-refractivity contribution in [2.45, 2.75) is 26.3 Å². The van der Waals surface area contributed by atoms with Gasteiger partial charge in [0.2, 0.25) is 0 Å². The van der Waals surface area contributed by atoms with E-state index in [4.69, 9.17) is 5.73 Å². The number of aryl methyl sites for hydroxylation is 1. The van der Waals surface area contributed by atoms with E-state index in [1.54, 1.807) is 13.0 Å². The van der Waals surface area contributed by atoms with Crippen LogP contribution < -0.4 is 10.6 Å². The highest BCUT2D eigenvalue weighted by Crippen LogP contribution is 2.38. The van der Waals surface area contributed by atoms with E-state index in [2.05, 4.69) is 23.1 Å². The Balaban J connectivity index is 2.14. The lowest BCUT2D eigenvalue weighted by atomic mass is 10.0. The fourth-order valence-corrected chi connectivity index (χ4v) is 2.87. The molecule has 0 bridgehead atoms. The summed E-state index contributed by atoms with van der Waals surface area (Å²) in [5.41, 5.74) is 11.1. The van der Waals surface area contributed by atoms with Crippen LogP contribution in [0.3, 0.4) is 0 Å². The predicted octanol–water partition coefficient (Wildman–Crippen LogP) is 3.85. The summed E-state index contributed by atoms with van der Waals surface area (Å²) in [6.45, 7) is 4.62. The van der Waals surface area contributed by atoms with Gasteiger partial charge in [-0.3, -0.25) is 0 Å². The van der Waals surface area contributed by atoms with Gasteiger partial charge in [-0.05, 0) is 55.2 Å². The molecular formula is C17H19FN2. The van der Waals surface area contributed by atoms with Gasteiger partial charge in [0.25, 0.3) is 0 Å². The number of rotatable bonds is 2. The van der Waals surface area contributed by atoms with Crippen LogP contribution in [-0.2, 0) is 6.42 Å². The van der Waals surface area contributed by atoms with Crippen molar-refractivity contribution in [2.75, 3.05) is 11.4 Å². The van der Waals surface area contributed by atoms with E-state index < -0.39 is 0 Å². The Kier molecular flexibility index (Phi) is 3.22. The van der Waals surface area contributed by atoms with Crippen molar-refractivity contribution in [1.82, 2.24) is 0 Å². The zero-order chi connectivity index (χ0) is 14.3. The van der Waals surface area contributed by atoms with Crippen molar-refractivity contribution in [3.63, 3.8) is 0 Å². The van der Waals surface area contributed by atoms with Crippen LogP contribution in [0.15, 0.2) is 36.4 Å². The highest BCUT2D eigenvalue weighted by atomic mass is 19.1. The molecule has 1 atom stereocenters. The van der Waals surface area contributed by atoms with Crippen molar-refractivity contribution in [2.24, 2.45) is 5.73 Å². The molecule has 104 valence electrons. The Morgan fingerprint density at radius 2 is 1.95 bits per heavy atom. The smallest absolute Gasteiger partial charge is 0.126 e. The molecule has 0 fully saturated rings. The zero-order valence-corrected chi connectivity index (χ0v) is 11.9. The summed E-state index contributed by atoms with van der Waals surface area (Å²) >= 11 is 0. The maximum atomic E-state index is 13.8. The summed E-state index contributed by atoms with van der Waals surface area (Å²) in [7, 11) is 0. The van der Waals surface area contributed by atoms with Gasteiger partial charge in [-0.15, -0.1) is 0 Å². The molecule has 1 unspecified atom stereocenters. The van der Waals surface area contributed by atoms with Crippen molar-refractivity contribution in [3.8, 4) is 0 Å². The normalized spacial score (nSPS) is 15.3. The van der Waals surface area contributed by atoms with E-state index in [9.17, 15) is 4.39 Å². The number of benzene rings is 2. The molecule has 2 aromatic rings. The molecule has 3 heteroatoms. The standard InChI is InChI=1S/C17H19FN2/c1-11-9-17(14(12(2)19)10-15(11)18)20-8-7-13-5-3-4-6-16(13)20/h3-6,9-10,12H,7-8,19H2,1-2H3. The molecule has 2 aromatic carbocycles. The molecule has 1 aliphatic heterocycles. The van der Waals surface area contributed by atoms with Crippen molar-refractivity contribution in [3.05, 3.63) is 58.9 Å². The molecule has 0 spiro atoms. The minimum absolute atomic E-state index is 0.187. The van der Waals surface area contributed by atoms with Crippen LogP contribution in [-0.4, -0.2) is 6.54 Å². The van der Waals surface area contributed by atoms with E-state index in [0.717, 1.165) is 24.2 Å². The van der Waals surface area contributed by atoms with Gasteiger partial charge >= 0.3 is 0 Å². The predicted molar refractivity (Wildman–Crippen MR) is 80.9 cm³/mol. The van der Waals surface area contributed by atoms with Gasteiger partial charge in [0.05, 0.1) is 0 Å². The summed E-state index contributed by atoms with van der Waals surface area (Å²) in [5.74, 6) is -0.187. The largest absolute Gasteiger partial charge is 0.341 e. The summed E-state index contributed by atoms with van der Waals surface area (Å²) in [4.78, 5) is 2.25. The summed E-state index contributed by atoms with van der Waals surface area (Å²) in [6.07, 6.45) is 1.02. The Labute approximate surface area is 119 Å². The molecule has 0 radical (unpaired) electrons. The summed E-state index contributed by atoms with van der Waals surface area (Å²) < 4.78 is 13.8. The maximum absolute atomic E-state index is 13.8. The van der Waals surface area contributed by atoms with Gasteiger partial charge in [-0.25, -0.2) is 4.39 Å². The minimum atomic E-state index is -0.187. The van der Waals surface area contributed by atoms with E-state index in [1.165, 1.54) is 11.3 Å². The second kappa shape index (κ2) is 4.91. The fraction of sp³-hybridized carbons (Fsp3) is 0.294. The first-order chi connectivity index (χ1) is 9.58. The lowest BCUT2D eigenvalue weighted by Gasteiger charge is -2.25. The average Bonchev–Trinajstić information content (AvgIpc) is 2.85. The van der Waals surface area contributed by atoms with Crippen LogP contribution in [0, 0.1) is 12.7 Å². The summed E-state index contributed by atoms with van der Waals surface area (Å²) in [6, 6.07) is 11.7. The van der Waals surface area contributed by atoms with Crippen LogP contribution in [0.1, 0.15) is 29.7 Å². The lowest BCUT2D eigenvalue weighted by Crippen LogP contribution is -2.18. The van der Waals surface area contributed by atoms with E-state index in [-0.39, 0.29) is 11.9 Å². The molecule has 3 rings (SSSR count). The van der Waals surface area contributed by atoms with Gasteiger partial charge in [0.15, 0.2) is 0 Å². The molecule has 0 saturated heterocycles. The van der Waals surface area contributed by atoms with Crippen LogP contribution in [0.25, 0.3) is 0 Å². The number of nitrogens with two attached hydrogens (primary N) is 1. The Bertz CT molecular complexity index is 649. The molecule has 1 aliphatic rings. The SMILES string of the molecule is Cc1cc(N2CCc3ccccc32)c(C(C)N)cc1F. The van der Waals surface area contributed by atoms with Gasteiger partial charge in [-0.2, -0.15) is 0 Å². The fourth-order valence-electron chi connectivity index (χ4n) is 2.87. The van der Waals surface area contributed by atoms with Crippen LogP contribution in [0.2, 0.25) is 0 Å². The summed E-state index contributed by atoms with van der Waals surface area (Å²) in [5, 5.41) is 0. The third-order valence-corrected chi connectivity index (χ3v) is 3.98. The third kappa shape index (κ3) is 2.08. The van der Waals surface area contributed by atoms with Crippen LogP contribution >= 0.6 is 0 Å². The topological polar surface area (TPSA) is 29.3 Å². The molecule has 2 N–H and O–H groups in total. The first-order valence-electron chi connectivity index (χ1n) is 6.99. The van der Waals surface area contributed by atoms with Gasteiger partial charge in [0, 0.05) is 24.0 Å². The third-order valence-electron chi connectivity index (χ3n) is 3.98. The number of nitrogens with zero attached hydrogens (tertiary/aromatic N) is 1. The van der Waals surface area contributed by atoms with E-state index >= 15 is 0 Å². The molecular weight excluding hydrogens is 251 g/mol. The van der Waals surface area contributed by atoms with Crippen LogP contribution in [0.4, 0.5) is 15.8 Å². The Morgan fingerprint density at radius 1 is 1.20 bits per heavy atom. The lowest BCUT2D eigenvalue weighted by molar-refractivity contribution is 0.613. The number of hydrogen-bond acceptors (Lipinski definition) is 2. The Morgan fingerprint density at radius 3 is 2.70 bits per heavy atom. The maximum Gasteiger partial charge on any atom is 0.126 e. The van der Waals surface area contributed by atoms with Crippen LogP contribution in [0.5, 0.6) is 0 Å². The molecule has 20 heavy (non-hydrogen) atoms. The minimum Gasteiger partial charge on any atom is -0.341 e. The quantitative estimate of drug-likeness (QED) is 0.898. The van der Waals surface area contributed by atoms with Gasteiger partial charge in [0.1, 0.15) is 5.82 Å². The number of para-hydroxylation sites is 1. The van der Waals surface area contributed by atoms with E-state index in [0.29, 0.717) is 5.56 Å². The number of fused-ring (bicyclic) bond motifs is 1. The van der Waals surface area contributed by atoms with Gasteiger partial charge in [-0.1, -0.05) is 18.2 Å². The average molecular weight is 270 g/mol. The highest BCUT2D eigenvalue weighted by Gasteiger charge is 2.23. The van der Waals surface area contributed by atoms with Crippen molar-refractivity contribution >= 4 is 11.4 Å². The highest BCUT2D eigenvalue weighted by molar-refractivity contribution is 5.73. The molecule has 0 aromatic heterocycles.